The van der Waals surface area contributed by atoms with E-state index in [0.717, 1.165) is 12.8 Å². The normalized spacial score (nSPS) is 14.3. The van der Waals surface area contributed by atoms with Gasteiger partial charge in [0.15, 0.2) is 11.0 Å². The predicted octanol–water partition coefficient (Wildman–Crippen LogP) is 3.74. The number of aliphatic hydroxyl groups excluding tert-OH is 1. The molecule has 31 heavy (non-hydrogen) atoms. The molecular weight excluding hydrogens is 421 g/mol. The van der Waals surface area contributed by atoms with Crippen molar-refractivity contribution in [2.75, 3.05) is 19.5 Å². The number of aliphatic hydroxyl groups is 1. The maximum Gasteiger partial charge on any atom is 0.337 e. The standard InChI is InChI=1S/C22H22FN3O4S/c1-29-21(28)14-6-10-17(11-7-14)30-12-16(27)13-31-22-25-24-20(26(22)15-8-9-15)18-4-2-3-5-19(18)23/h2-7,10-11,15-16,27H,8-9,12-13H2,1H3/t16-/m0/s1. The monoisotopic (exact) mass is 443 g/mol. The highest BCUT2D eigenvalue weighted by Gasteiger charge is 2.31. The number of carbonyl (C=O) groups is 1. The molecule has 0 bridgehead atoms. The smallest absolute Gasteiger partial charge is 0.337 e. The minimum absolute atomic E-state index is 0.0856. The van der Waals surface area contributed by atoms with Gasteiger partial charge in [0.2, 0.25) is 0 Å². The Morgan fingerprint density at radius 2 is 1.97 bits per heavy atom. The van der Waals surface area contributed by atoms with Crippen LogP contribution in [0.15, 0.2) is 53.7 Å². The Labute approximate surface area is 183 Å². The number of aromatic nitrogens is 3. The van der Waals surface area contributed by atoms with E-state index in [1.54, 1.807) is 42.5 Å². The lowest BCUT2D eigenvalue weighted by Gasteiger charge is -2.13. The van der Waals surface area contributed by atoms with Crippen molar-refractivity contribution in [1.29, 1.82) is 0 Å². The van der Waals surface area contributed by atoms with Crippen LogP contribution in [-0.4, -0.2) is 51.4 Å². The molecule has 0 aliphatic heterocycles. The SMILES string of the molecule is COC(=O)c1ccc(OC[C@H](O)CSc2nnc(-c3ccccc3F)n2C2CC2)cc1. The molecule has 1 aromatic heterocycles. The molecular formula is C22H22FN3O4S. The van der Waals surface area contributed by atoms with Crippen LogP contribution in [-0.2, 0) is 4.74 Å². The average molecular weight is 444 g/mol. The highest BCUT2D eigenvalue weighted by molar-refractivity contribution is 7.99. The Morgan fingerprint density at radius 3 is 2.65 bits per heavy atom. The summed E-state index contributed by atoms with van der Waals surface area (Å²) in [6.45, 7) is 0.0856. The summed E-state index contributed by atoms with van der Waals surface area (Å²) < 4.78 is 26.5. The van der Waals surface area contributed by atoms with Crippen molar-refractivity contribution in [3.63, 3.8) is 0 Å². The molecule has 0 radical (unpaired) electrons. The van der Waals surface area contributed by atoms with E-state index in [9.17, 15) is 14.3 Å². The van der Waals surface area contributed by atoms with E-state index in [2.05, 4.69) is 14.9 Å². The van der Waals surface area contributed by atoms with Crippen molar-refractivity contribution in [3.8, 4) is 17.1 Å². The van der Waals surface area contributed by atoms with E-state index in [0.29, 0.717) is 33.6 Å². The molecule has 1 heterocycles. The second-order valence-electron chi connectivity index (χ2n) is 7.18. The van der Waals surface area contributed by atoms with Crippen molar-refractivity contribution in [1.82, 2.24) is 14.8 Å². The first-order valence-electron chi connectivity index (χ1n) is 9.88. The van der Waals surface area contributed by atoms with Crippen LogP contribution >= 0.6 is 11.8 Å². The average Bonchev–Trinajstić information content (AvgIpc) is 3.55. The number of hydrogen-bond donors (Lipinski definition) is 1. The van der Waals surface area contributed by atoms with Gasteiger partial charge in [-0.2, -0.15) is 0 Å². The van der Waals surface area contributed by atoms with Gasteiger partial charge in [-0.25, -0.2) is 9.18 Å². The minimum Gasteiger partial charge on any atom is -0.491 e. The van der Waals surface area contributed by atoms with Gasteiger partial charge in [0.25, 0.3) is 0 Å². The predicted molar refractivity (Wildman–Crippen MR) is 114 cm³/mol. The van der Waals surface area contributed by atoms with Gasteiger partial charge in [-0.05, 0) is 49.2 Å². The van der Waals surface area contributed by atoms with Crippen LogP contribution in [0.25, 0.3) is 11.4 Å². The molecule has 1 saturated carbocycles. The van der Waals surface area contributed by atoms with Gasteiger partial charge in [0.1, 0.15) is 18.2 Å². The number of carbonyl (C=O) groups excluding carboxylic acids is 1. The summed E-state index contributed by atoms with van der Waals surface area (Å²) in [7, 11) is 1.32. The van der Waals surface area contributed by atoms with Gasteiger partial charge in [-0.3, -0.25) is 4.57 Å². The number of hydrogen-bond acceptors (Lipinski definition) is 7. The van der Waals surface area contributed by atoms with Crippen LogP contribution < -0.4 is 4.74 Å². The molecule has 1 fully saturated rings. The molecule has 7 nitrogen and oxygen atoms in total. The molecule has 2 aromatic carbocycles. The first-order valence-corrected chi connectivity index (χ1v) is 10.9. The highest BCUT2D eigenvalue weighted by atomic mass is 32.2. The van der Waals surface area contributed by atoms with E-state index >= 15 is 0 Å². The number of esters is 1. The molecule has 0 unspecified atom stereocenters. The molecule has 0 amide bonds. The summed E-state index contributed by atoms with van der Waals surface area (Å²) in [4.78, 5) is 11.5. The summed E-state index contributed by atoms with van der Waals surface area (Å²) in [6.07, 6.45) is 1.26. The molecule has 0 spiro atoms. The molecule has 0 saturated heterocycles. The van der Waals surface area contributed by atoms with E-state index in [1.165, 1.54) is 24.9 Å². The largest absolute Gasteiger partial charge is 0.491 e. The first kappa shape index (κ1) is 21.3. The van der Waals surface area contributed by atoms with Gasteiger partial charge >= 0.3 is 5.97 Å². The molecule has 1 atom stereocenters. The second kappa shape index (κ2) is 9.49. The number of ether oxygens (including phenoxy) is 2. The van der Waals surface area contributed by atoms with Crippen molar-refractivity contribution >= 4 is 17.7 Å². The second-order valence-corrected chi connectivity index (χ2v) is 8.17. The third-order valence-electron chi connectivity index (χ3n) is 4.81. The summed E-state index contributed by atoms with van der Waals surface area (Å²) in [6, 6.07) is 13.3. The maximum atomic E-state index is 14.2. The van der Waals surface area contributed by atoms with Gasteiger partial charge in [-0.15, -0.1) is 10.2 Å². The van der Waals surface area contributed by atoms with Crippen LogP contribution in [0.4, 0.5) is 4.39 Å². The van der Waals surface area contributed by atoms with Gasteiger partial charge < -0.3 is 14.6 Å². The lowest BCUT2D eigenvalue weighted by atomic mass is 10.2. The molecule has 9 heteroatoms. The lowest BCUT2D eigenvalue weighted by Crippen LogP contribution is -2.20. The molecule has 1 aliphatic rings. The highest BCUT2D eigenvalue weighted by Crippen LogP contribution is 2.41. The zero-order chi connectivity index (χ0) is 21.8. The Bertz CT molecular complexity index is 1050. The fraction of sp³-hybridized carbons (Fsp3) is 0.318. The van der Waals surface area contributed by atoms with E-state index in [1.807, 2.05) is 4.57 Å². The third-order valence-corrected chi connectivity index (χ3v) is 5.90. The lowest BCUT2D eigenvalue weighted by molar-refractivity contribution is 0.0600. The third kappa shape index (κ3) is 5.05. The van der Waals surface area contributed by atoms with E-state index in [4.69, 9.17) is 4.74 Å². The Morgan fingerprint density at radius 1 is 1.23 bits per heavy atom. The van der Waals surface area contributed by atoms with Crippen LogP contribution in [0.5, 0.6) is 5.75 Å². The van der Waals surface area contributed by atoms with Gasteiger partial charge in [0.05, 0.1) is 24.3 Å². The number of thioether (sulfide) groups is 1. The van der Waals surface area contributed by atoms with Crippen molar-refractivity contribution < 1.29 is 23.8 Å². The van der Waals surface area contributed by atoms with Crippen LogP contribution in [0.3, 0.4) is 0 Å². The molecule has 3 aromatic rings. The number of nitrogens with zero attached hydrogens (tertiary/aromatic N) is 3. The number of halogens is 1. The quantitative estimate of drug-likeness (QED) is 0.398. The fourth-order valence-corrected chi connectivity index (χ4v) is 3.99. The van der Waals surface area contributed by atoms with E-state index < -0.39 is 12.1 Å². The summed E-state index contributed by atoms with van der Waals surface area (Å²) in [5, 5.41) is 19.4. The van der Waals surface area contributed by atoms with Crippen LogP contribution in [0.2, 0.25) is 0 Å². The van der Waals surface area contributed by atoms with Crippen molar-refractivity contribution in [2.45, 2.75) is 30.1 Å². The zero-order valence-corrected chi connectivity index (χ0v) is 17.7. The Hall–Kier alpha value is -2.91. The van der Waals surface area contributed by atoms with E-state index in [-0.39, 0.29) is 18.5 Å². The Balaban J connectivity index is 1.36. The summed E-state index contributed by atoms with van der Waals surface area (Å²) in [5.41, 5.74) is 0.851. The molecule has 1 N–H and O–H groups in total. The van der Waals surface area contributed by atoms with Crippen molar-refractivity contribution in [2.24, 2.45) is 0 Å². The van der Waals surface area contributed by atoms with Crippen molar-refractivity contribution in [3.05, 3.63) is 59.9 Å². The Kier molecular flexibility index (Phi) is 6.53. The summed E-state index contributed by atoms with van der Waals surface area (Å²) >= 11 is 1.37. The number of rotatable bonds is 9. The number of methoxy groups -OCH3 is 1. The number of benzene rings is 2. The molecule has 1 aliphatic carbocycles. The minimum atomic E-state index is -0.744. The first-order chi connectivity index (χ1) is 15.1. The van der Waals surface area contributed by atoms with Gasteiger partial charge in [0, 0.05) is 11.8 Å². The van der Waals surface area contributed by atoms with Gasteiger partial charge in [-0.1, -0.05) is 23.9 Å². The molecule has 4 rings (SSSR count). The van der Waals surface area contributed by atoms with Crippen LogP contribution in [0, 0.1) is 5.82 Å². The summed E-state index contributed by atoms with van der Waals surface area (Å²) in [5.74, 6) is 0.652. The van der Waals surface area contributed by atoms with Crippen LogP contribution in [0.1, 0.15) is 29.2 Å². The topological polar surface area (TPSA) is 86.5 Å². The maximum absolute atomic E-state index is 14.2. The molecule has 162 valence electrons. The zero-order valence-electron chi connectivity index (χ0n) is 16.9. The fourth-order valence-electron chi connectivity index (χ4n) is 3.08.